The van der Waals surface area contributed by atoms with E-state index in [4.69, 9.17) is 0 Å². The summed E-state index contributed by atoms with van der Waals surface area (Å²) in [5.41, 5.74) is 6.92. The maximum Gasteiger partial charge on any atom is 0.0137 e. The van der Waals surface area contributed by atoms with Crippen molar-refractivity contribution >= 4 is 0 Å². The first-order chi connectivity index (χ1) is 8.45. The lowest BCUT2D eigenvalue weighted by molar-refractivity contribution is 0.376. The molecule has 2 unspecified atom stereocenters. The normalized spacial score (nSPS) is 32.3. The number of rotatable bonds is 0. The van der Waals surface area contributed by atoms with Crippen LogP contribution < -0.4 is 0 Å². The molecule has 0 N–H and O–H groups in total. The molecule has 0 fully saturated rings. The van der Waals surface area contributed by atoms with E-state index >= 15 is 0 Å². The molecule has 0 nitrogen and oxygen atoms in total. The zero-order chi connectivity index (χ0) is 12.7. The van der Waals surface area contributed by atoms with Gasteiger partial charge in [0.15, 0.2) is 0 Å². The molecule has 1 aromatic rings. The van der Waals surface area contributed by atoms with Gasteiger partial charge in [0.05, 0.1) is 0 Å². The highest BCUT2D eigenvalue weighted by Crippen LogP contribution is 2.64. The summed E-state index contributed by atoms with van der Waals surface area (Å²) in [5.74, 6) is 1.29. The summed E-state index contributed by atoms with van der Waals surface area (Å²) >= 11 is 0. The van der Waals surface area contributed by atoms with Gasteiger partial charge < -0.3 is 0 Å². The summed E-state index contributed by atoms with van der Waals surface area (Å²) in [6.45, 7) is 9.59. The first-order valence-electron chi connectivity index (χ1n) is 6.98. The summed E-state index contributed by atoms with van der Waals surface area (Å²) in [5, 5.41) is 0. The van der Waals surface area contributed by atoms with Crippen molar-refractivity contribution in [1.82, 2.24) is 0 Å². The average Bonchev–Trinajstić information content (AvgIpc) is 2.72. The zero-order valence-electron chi connectivity index (χ0n) is 11.6. The smallest absolute Gasteiger partial charge is 0.0137 e. The Hall–Kier alpha value is -1.30. The molecule has 1 aromatic carbocycles. The van der Waals surface area contributed by atoms with Gasteiger partial charge in [-0.05, 0) is 28.0 Å². The lowest BCUT2D eigenvalue weighted by Crippen LogP contribution is -2.29. The maximum atomic E-state index is 2.43. The lowest BCUT2D eigenvalue weighted by Gasteiger charge is -2.35. The quantitative estimate of drug-likeness (QED) is 0.623. The van der Waals surface area contributed by atoms with Gasteiger partial charge in [0.2, 0.25) is 0 Å². The molecule has 0 spiro atoms. The van der Waals surface area contributed by atoms with Crippen molar-refractivity contribution in [2.24, 2.45) is 5.92 Å². The Morgan fingerprint density at radius 2 is 1.72 bits per heavy atom. The minimum atomic E-state index is 0.218. The van der Waals surface area contributed by atoms with E-state index in [1.54, 1.807) is 22.3 Å². The van der Waals surface area contributed by atoms with E-state index in [-0.39, 0.29) is 10.8 Å². The molecule has 0 bridgehead atoms. The van der Waals surface area contributed by atoms with Crippen LogP contribution in [-0.4, -0.2) is 0 Å². The van der Waals surface area contributed by atoms with Gasteiger partial charge in [-0.3, -0.25) is 0 Å². The topological polar surface area (TPSA) is 0 Å². The summed E-state index contributed by atoms with van der Waals surface area (Å²) in [6, 6.07) is 6.95. The second-order valence-electron chi connectivity index (χ2n) is 7.12. The fourth-order valence-electron chi connectivity index (χ4n) is 4.62. The van der Waals surface area contributed by atoms with Crippen molar-refractivity contribution in [3.05, 3.63) is 58.7 Å². The van der Waals surface area contributed by atoms with E-state index in [1.165, 1.54) is 0 Å². The molecule has 2 atom stereocenters. The molecular formula is C18H20. The van der Waals surface area contributed by atoms with Gasteiger partial charge in [-0.15, -0.1) is 0 Å². The molecule has 18 heavy (non-hydrogen) atoms. The molecule has 0 heterocycles. The third-order valence-electron chi connectivity index (χ3n) is 5.63. The molecule has 0 saturated heterocycles. The first kappa shape index (κ1) is 10.6. The molecule has 3 aliphatic carbocycles. The average molecular weight is 236 g/mol. The largest absolute Gasteiger partial charge is 0.0796 e. The third kappa shape index (κ3) is 0.922. The van der Waals surface area contributed by atoms with Gasteiger partial charge in [-0.2, -0.15) is 0 Å². The second kappa shape index (κ2) is 2.82. The van der Waals surface area contributed by atoms with Crippen LogP contribution in [0.1, 0.15) is 50.3 Å². The van der Waals surface area contributed by atoms with Crippen LogP contribution in [0.15, 0.2) is 42.0 Å². The first-order valence-corrected chi connectivity index (χ1v) is 6.98. The predicted octanol–water partition coefficient (Wildman–Crippen LogP) is 4.47. The van der Waals surface area contributed by atoms with E-state index < -0.39 is 0 Å². The number of benzene rings is 1. The minimum Gasteiger partial charge on any atom is -0.0796 e. The molecule has 0 amide bonds. The maximum absolute atomic E-state index is 2.43. The molecule has 0 heteroatoms. The van der Waals surface area contributed by atoms with Crippen molar-refractivity contribution in [1.29, 1.82) is 0 Å². The fraction of sp³-hybridized carbons (Fsp3) is 0.444. The van der Waals surface area contributed by atoms with Crippen LogP contribution in [0.5, 0.6) is 0 Å². The van der Waals surface area contributed by atoms with Crippen LogP contribution >= 0.6 is 0 Å². The Balaban J connectivity index is 2.14. The Morgan fingerprint density at radius 3 is 2.50 bits per heavy atom. The van der Waals surface area contributed by atoms with E-state index in [0.29, 0.717) is 11.8 Å². The Morgan fingerprint density at radius 1 is 1.00 bits per heavy atom. The van der Waals surface area contributed by atoms with E-state index in [9.17, 15) is 0 Å². The third-order valence-corrected chi connectivity index (χ3v) is 5.63. The molecule has 4 rings (SSSR count). The van der Waals surface area contributed by atoms with Gasteiger partial charge in [-0.1, -0.05) is 69.7 Å². The van der Waals surface area contributed by atoms with Crippen molar-refractivity contribution in [2.45, 2.75) is 44.4 Å². The Bertz CT molecular complexity index is 611. The summed E-state index contributed by atoms with van der Waals surface area (Å²) < 4.78 is 0. The molecule has 3 aliphatic rings. The zero-order valence-corrected chi connectivity index (χ0v) is 11.6. The second-order valence-corrected chi connectivity index (χ2v) is 7.12. The van der Waals surface area contributed by atoms with Gasteiger partial charge in [0.1, 0.15) is 0 Å². The van der Waals surface area contributed by atoms with Crippen molar-refractivity contribution in [2.75, 3.05) is 0 Å². The Kier molecular flexibility index (Phi) is 1.66. The van der Waals surface area contributed by atoms with Crippen LogP contribution in [0.2, 0.25) is 0 Å². The van der Waals surface area contributed by atoms with Crippen LogP contribution in [0.25, 0.3) is 0 Å². The monoisotopic (exact) mass is 236 g/mol. The number of hydrogen-bond donors (Lipinski definition) is 0. The highest BCUT2D eigenvalue weighted by molar-refractivity contribution is 5.65. The van der Waals surface area contributed by atoms with Gasteiger partial charge in [-0.25, -0.2) is 0 Å². The van der Waals surface area contributed by atoms with E-state index in [1.807, 2.05) is 0 Å². The lowest BCUT2D eigenvalue weighted by atomic mass is 9.68. The van der Waals surface area contributed by atoms with Gasteiger partial charge >= 0.3 is 0 Å². The molecule has 0 aliphatic heterocycles. The fourth-order valence-corrected chi connectivity index (χ4v) is 4.62. The summed E-state index contributed by atoms with van der Waals surface area (Å²) in [7, 11) is 0. The molecule has 92 valence electrons. The molecule has 0 radical (unpaired) electrons. The molecule has 0 saturated carbocycles. The van der Waals surface area contributed by atoms with Crippen molar-refractivity contribution in [3.63, 3.8) is 0 Å². The highest BCUT2D eigenvalue weighted by atomic mass is 14.6. The minimum absolute atomic E-state index is 0.218. The van der Waals surface area contributed by atoms with Crippen molar-refractivity contribution < 1.29 is 0 Å². The van der Waals surface area contributed by atoms with Crippen LogP contribution in [0.4, 0.5) is 0 Å². The molecular weight excluding hydrogens is 216 g/mol. The number of hydrogen-bond acceptors (Lipinski definition) is 0. The standard InChI is InChI=1S/C18H20/c1-17(2)11-7-5-9-13-15(11)16-12(17)8-6-10-14(16)18(13,3)4/h5-11,15H,1-4H3. The van der Waals surface area contributed by atoms with Crippen LogP contribution in [0.3, 0.4) is 0 Å². The predicted molar refractivity (Wildman–Crippen MR) is 75.9 cm³/mol. The van der Waals surface area contributed by atoms with Crippen molar-refractivity contribution in [3.8, 4) is 0 Å². The van der Waals surface area contributed by atoms with E-state index in [2.05, 4.69) is 64.1 Å². The van der Waals surface area contributed by atoms with Gasteiger partial charge in [0.25, 0.3) is 0 Å². The van der Waals surface area contributed by atoms with E-state index in [0.717, 1.165) is 0 Å². The summed E-state index contributed by atoms with van der Waals surface area (Å²) in [6.07, 6.45) is 7.08. The highest BCUT2D eigenvalue weighted by Gasteiger charge is 2.55. The number of allylic oxidation sites excluding steroid dienone is 4. The summed E-state index contributed by atoms with van der Waals surface area (Å²) in [4.78, 5) is 0. The van der Waals surface area contributed by atoms with Crippen LogP contribution in [-0.2, 0) is 10.8 Å². The molecule has 0 aromatic heterocycles. The Labute approximate surface area is 109 Å². The van der Waals surface area contributed by atoms with Gasteiger partial charge in [0, 0.05) is 11.3 Å². The SMILES string of the molecule is CC1(C)C2=CC=CC3C2c2c1cccc2C3(C)C. The van der Waals surface area contributed by atoms with Crippen LogP contribution in [0, 0.1) is 5.92 Å².